The summed E-state index contributed by atoms with van der Waals surface area (Å²) in [6.07, 6.45) is -0.217. The van der Waals surface area contributed by atoms with Crippen LogP contribution in [-0.4, -0.2) is 97.8 Å². The number of ether oxygens (including phenoxy) is 6. The Hall–Kier alpha value is 0.256. The van der Waals surface area contributed by atoms with E-state index in [1.54, 1.807) is 7.11 Å². The molecule has 1 amide bonds. The Labute approximate surface area is 305 Å². The van der Waals surface area contributed by atoms with Crippen molar-refractivity contribution in [1.29, 1.82) is 0 Å². The number of hydrogen-bond acceptors (Lipinski definition) is 11. The monoisotopic (exact) mass is 655 g/mol. The fraction of sp³-hybridized carbons (Fsp3) is 0.935. The van der Waals surface area contributed by atoms with Crippen LogP contribution in [-0.2, 0) is 38.0 Å². The number of unbranched alkanes of at least 4 members (excludes halogenated alkanes) is 4. The van der Waals surface area contributed by atoms with Crippen LogP contribution in [0.2, 0.25) is 0 Å². The molecule has 0 saturated carbocycles. The number of amides is 1. The Kier molecular flexibility index (Phi) is 16.7. The number of carbonyl (C=O) groups excluding carboxylic acids is 2. The van der Waals surface area contributed by atoms with Gasteiger partial charge in [0.15, 0.2) is 12.3 Å². The van der Waals surface area contributed by atoms with Gasteiger partial charge in [0.05, 0.1) is 24.4 Å². The summed E-state index contributed by atoms with van der Waals surface area (Å²) in [5.41, 5.74) is -0.536. The smallest absolute Gasteiger partial charge is 0.550 e. The number of methoxy groups -OCH3 is 2. The molecule has 44 heavy (non-hydrogen) atoms. The van der Waals surface area contributed by atoms with Gasteiger partial charge in [-0.05, 0) is 38.0 Å². The van der Waals surface area contributed by atoms with Crippen LogP contribution in [0.5, 0.6) is 0 Å². The number of carboxylic acids is 1. The first-order valence-corrected chi connectivity index (χ1v) is 15.8. The maximum absolute atomic E-state index is 13.4. The first kappa shape index (κ1) is 40.4. The van der Waals surface area contributed by atoms with E-state index in [1.807, 2.05) is 27.7 Å². The standard InChI is InChI=1S/C31H55NO11.K/c1-18-16-31(39-7,43-20(3)19(18)2)26(36)28(37)32-29-25-24(40-17-41-29)27(38-6)30(4,5)22(42-25)15-21(33)13-11-9-8-10-12-14-23(34)35;/h18-22,24-27,29,33,36H,8-17H2,1-7H3,(H,32,37)(H,34,35);/q;+1/p-1/t18?,19-,20-,21-,22-,24+,25+,26-,27-,29-,31-;/m1./s1. The molecule has 250 valence electrons. The van der Waals surface area contributed by atoms with E-state index in [1.165, 1.54) is 7.11 Å². The van der Waals surface area contributed by atoms with Crippen LogP contribution in [0.25, 0.3) is 0 Å². The van der Waals surface area contributed by atoms with Crippen molar-refractivity contribution in [3.63, 3.8) is 0 Å². The van der Waals surface area contributed by atoms with E-state index in [4.69, 9.17) is 28.4 Å². The Morgan fingerprint density at radius 2 is 1.68 bits per heavy atom. The summed E-state index contributed by atoms with van der Waals surface area (Å²) in [7, 11) is 3.03. The zero-order valence-electron chi connectivity index (χ0n) is 27.9. The van der Waals surface area contributed by atoms with E-state index < -0.39 is 65.9 Å². The Morgan fingerprint density at radius 3 is 2.30 bits per heavy atom. The van der Waals surface area contributed by atoms with Gasteiger partial charge in [-0.25, -0.2) is 0 Å². The molecule has 0 spiro atoms. The molecule has 13 heteroatoms. The van der Waals surface area contributed by atoms with E-state index in [0.29, 0.717) is 25.7 Å². The van der Waals surface area contributed by atoms with Gasteiger partial charge in [0.1, 0.15) is 19.0 Å². The molecule has 3 fully saturated rings. The molecular formula is C31H54KNO11. The molecule has 0 aromatic rings. The number of carboxylic acid groups (broad SMARTS) is 1. The van der Waals surface area contributed by atoms with Crippen LogP contribution in [0.4, 0.5) is 0 Å². The van der Waals surface area contributed by atoms with Crippen molar-refractivity contribution < 1.29 is 105 Å². The zero-order valence-corrected chi connectivity index (χ0v) is 31.0. The molecule has 3 heterocycles. The molecule has 0 aliphatic carbocycles. The summed E-state index contributed by atoms with van der Waals surface area (Å²) in [6, 6.07) is 0. The van der Waals surface area contributed by atoms with E-state index >= 15 is 0 Å². The first-order valence-electron chi connectivity index (χ1n) is 15.8. The third-order valence-electron chi connectivity index (χ3n) is 9.90. The van der Waals surface area contributed by atoms with Crippen LogP contribution in [0.1, 0.15) is 92.4 Å². The van der Waals surface area contributed by atoms with Gasteiger partial charge in [-0.3, -0.25) is 4.79 Å². The fourth-order valence-electron chi connectivity index (χ4n) is 6.80. The number of aliphatic carboxylic acids is 1. The molecule has 0 aromatic carbocycles. The van der Waals surface area contributed by atoms with Crippen LogP contribution in [0.3, 0.4) is 0 Å². The van der Waals surface area contributed by atoms with E-state index in [0.717, 1.165) is 25.7 Å². The summed E-state index contributed by atoms with van der Waals surface area (Å²) < 4.78 is 35.9. The minimum absolute atomic E-state index is 0. The normalized spacial score (nSPS) is 36.4. The summed E-state index contributed by atoms with van der Waals surface area (Å²) in [5, 5.41) is 35.4. The third-order valence-corrected chi connectivity index (χ3v) is 9.90. The molecule has 1 unspecified atom stereocenters. The summed E-state index contributed by atoms with van der Waals surface area (Å²) >= 11 is 0. The number of aliphatic hydroxyl groups excluding tert-OH is 2. The van der Waals surface area contributed by atoms with Crippen LogP contribution in [0.15, 0.2) is 0 Å². The molecule has 0 bridgehead atoms. The number of nitrogens with one attached hydrogen (secondary N) is 1. The molecule has 3 aliphatic rings. The largest absolute Gasteiger partial charge is 1.00 e. The van der Waals surface area contributed by atoms with Crippen molar-refractivity contribution in [2.45, 2.75) is 147 Å². The van der Waals surface area contributed by atoms with Gasteiger partial charge in [-0.15, -0.1) is 0 Å². The van der Waals surface area contributed by atoms with Crippen molar-refractivity contribution in [2.24, 2.45) is 17.3 Å². The molecule has 0 aromatic heterocycles. The van der Waals surface area contributed by atoms with Gasteiger partial charge < -0.3 is 53.9 Å². The summed E-state index contributed by atoms with van der Waals surface area (Å²) in [5.74, 6) is -2.84. The quantitative estimate of drug-likeness (QED) is 0.141. The van der Waals surface area contributed by atoms with E-state index in [9.17, 15) is 24.9 Å². The second-order valence-corrected chi connectivity index (χ2v) is 13.3. The molecule has 3 N–H and O–H groups in total. The predicted octanol–water partition coefficient (Wildman–Crippen LogP) is -1.37. The second-order valence-electron chi connectivity index (χ2n) is 13.3. The van der Waals surface area contributed by atoms with Crippen molar-refractivity contribution in [2.75, 3.05) is 21.0 Å². The third kappa shape index (κ3) is 9.90. The van der Waals surface area contributed by atoms with Crippen molar-refractivity contribution in [3.05, 3.63) is 0 Å². The SMILES string of the molecule is CO[C@@H]1[C@H]2OCO[C@@H](NC(=O)[C@@H](O)[C@@]3(OC)CC(C)[C@@H](C)[C@@H](C)O3)[C@H]2O[C@H](C[C@H](O)CCCCCCCC(=O)[O-])C1(C)C.[K+]. The van der Waals surface area contributed by atoms with E-state index in [2.05, 4.69) is 12.2 Å². The molecule has 3 rings (SSSR count). The molecular weight excluding hydrogens is 601 g/mol. The van der Waals surface area contributed by atoms with Crippen molar-refractivity contribution in [3.8, 4) is 0 Å². The number of fused-ring (bicyclic) bond motifs is 1. The van der Waals surface area contributed by atoms with Gasteiger partial charge in [-0.2, -0.15) is 0 Å². The Bertz CT molecular complexity index is 896. The van der Waals surface area contributed by atoms with Crippen molar-refractivity contribution in [1.82, 2.24) is 5.32 Å². The van der Waals surface area contributed by atoms with Gasteiger partial charge in [0, 0.05) is 38.4 Å². The van der Waals surface area contributed by atoms with E-state index in [-0.39, 0.29) is 82.5 Å². The van der Waals surface area contributed by atoms with Crippen LogP contribution in [0, 0.1) is 17.3 Å². The zero-order chi connectivity index (χ0) is 31.9. The minimum Gasteiger partial charge on any atom is -0.550 e. The first-order chi connectivity index (χ1) is 20.3. The number of hydrogen-bond donors (Lipinski definition) is 3. The predicted molar refractivity (Wildman–Crippen MR) is 153 cm³/mol. The minimum atomic E-state index is -1.61. The van der Waals surface area contributed by atoms with Gasteiger partial charge >= 0.3 is 51.4 Å². The molecule has 3 aliphatic heterocycles. The Morgan fingerprint density at radius 1 is 1.02 bits per heavy atom. The van der Waals surface area contributed by atoms with Gasteiger partial charge in [0.25, 0.3) is 5.91 Å². The number of rotatable bonds is 15. The Balaban J connectivity index is 0.00000675. The van der Waals surface area contributed by atoms with Gasteiger partial charge in [0.2, 0.25) is 5.79 Å². The number of carbonyl (C=O) groups is 2. The topological polar surface area (TPSA) is 165 Å². The summed E-state index contributed by atoms with van der Waals surface area (Å²) in [4.78, 5) is 24.0. The maximum atomic E-state index is 13.4. The molecule has 11 atom stereocenters. The molecule has 0 radical (unpaired) electrons. The fourth-order valence-corrected chi connectivity index (χ4v) is 6.80. The molecule has 12 nitrogen and oxygen atoms in total. The molecule has 3 saturated heterocycles. The summed E-state index contributed by atoms with van der Waals surface area (Å²) in [6.45, 7) is 9.94. The average Bonchev–Trinajstić information content (AvgIpc) is 2.95. The average molecular weight is 656 g/mol. The number of aliphatic hydroxyl groups is 2. The van der Waals surface area contributed by atoms with Gasteiger partial charge in [-0.1, -0.05) is 53.4 Å². The second kappa shape index (κ2) is 18.1. The van der Waals surface area contributed by atoms with Crippen LogP contribution >= 0.6 is 0 Å². The van der Waals surface area contributed by atoms with Crippen LogP contribution < -0.4 is 61.8 Å². The maximum Gasteiger partial charge on any atom is 1.00 e. The van der Waals surface area contributed by atoms with Crippen molar-refractivity contribution >= 4 is 11.9 Å².